The molecule has 0 aromatic heterocycles. The van der Waals surface area contributed by atoms with E-state index in [0.29, 0.717) is 0 Å². The second kappa shape index (κ2) is 5.58. The van der Waals surface area contributed by atoms with E-state index in [1.807, 2.05) is 0 Å². The van der Waals surface area contributed by atoms with E-state index >= 15 is 0 Å². The lowest BCUT2D eigenvalue weighted by molar-refractivity contribution is 0.0692. The molecule has 0 radical (unpaired) electrons. The van der Waals surface area contributed by atoms with Crippen LogP contribution in [0.5, 0.6) is 0 Å². The van der Waals surface area contributed by atoms with E-state index in [9.17, 15) is 18.4 Å². The highest BCUT2D eigenvalue weighted by molar-refractivity contribution is 6.07. The van der Waals surface area contributed by atoms with Crippen molar-refractivity contribution in [1.82, 2.24) is 0 Å². The molecule has 0 fully saturated rings. The molecule has 0 saturated carbocycles. The average molecular weight is 292 g/mol. The molecule has 4 N–H and O–H groups in total. The molecule has 7 heteroatoms. The first-order chi connectivity index (χ1) is 9.90. The molecule has 0 aliphatic heterocycles. The Labute approximate surface area is 118 Å². The zero-order valence-electron chi connectivity index (χ0n) is 10.6. The summed E-state index contributed by atoms with van der Waals surface area (Å²) in [5, 5.41) is 11.0. The summed E-state index contributed by atoms with van der Waals surface area (Å²) in [6.07, 6.45) is 0. The van der Waals surface area contributed by atoms with Gasteiger partial charge >= 0.3 is 5.97 Å². The molecular formula is C14H10F2N2O3. The first-order valence-electron chi connectivity index (χ1n) is 5.78. The van der Waals surface area contributed by atoms with Crippen molar-refractivity contribution in [2.75, 3.05) is 11.1 Å². The predicted molar refractivity (Wildman–Crippen MR) is 72.1 cm³/mol. The summed E-state index contributed by atoms with van der Waals surface area (Å²) >= 11 is 0. The van der Waals surface area contributed by atoms with Crippen LogP contribution in [0.3, 0.4) is 0 Å². The van der Waals surface area contributed by atoms with E-state index in [1.54, 1.807) is 0 Å². The molecule has 2 aromatic carbocycles. The van der Waals surface area contributed by atoms with E-state index in [2.05, 4.69) is 5.32 Å². The van der Waals surface area contributed by atoms with E-state index in [1.165, 1.54) is 18.2 Å². The number of halogens is 2. The van der Waals surface area contributed by atoms with Gasteiger partial charge in [-0.1, -0.05) is 6.07 Å². The molecule has 0 saturated heterocycles. The lowest BCUT2D eigenvalue weighted by Gasteiger charge is -2.08. The summed E-state index contributed by atoms with van der Waals surface area (Å²) in [5.74, 6) is -3.88. The molecular weight excluding hydrogens is 282 g/mol. The van der Waals surface area contributed by atoms with Crippen LogP contribution >= 0.6 is 0 Å². The van der Waals surface area contributed by atoms with Crippen LogP contribution in [0.2, 0.25) is 0 Å². The van der Waals surface area contributed by atoms with Gasteiger partial charge in [0.25, 0.3) is 5.91 Å². The van der Waals surface area contributed by atoms with E-state index in [0.717, 1.165) is 18.2 Å². The highest BCUT2D eigenvalue weighted by Crippen LogP contribution is 2.19. The summed E-state index contributed by atoms with van der Waals surface area (Å²) in [6.45, 7) is 0. The van der Waals surface area contributed by atoms with Crippen molar-refractivity contribution in [1.29, 1.82) is 0 Å². The average Bonchev–Trinajstić information content (AvgIpc) is 2.41. The van der Waals surface area contributed by atoms with Crippen molar-refractivity contribution in [3.63, 3.8) is 0 Å². The summed E-state index contributed by atoms with van der Waals surface area (Å²) in [7, 11) is 0. The number of para-hydroxylation sites is 1. The molecule has 0 bridgehead atoms. The first kappa shape index (κ1) is 14.4. The van der Waals surface area contributed by atoms with Gasteiger partial charge in [-0.3, -0.25) is 4.79 Å². The maximum atomic E-state index is 13.5. The fraction of sp³-hybridized carbons (Fsp3) is 0. The van der Waals surface area contributed by atoms with Crippen LogP contribution in [0.1, 0.15) is 20.7 Å². The number of nitrogens with one attached hydrogen (secondary N) is 1. The zero-order valence-corrected chi connectivity index (χ0v) is 10.6. The molecule has 0 aliphatic carbocycles. The lowest BCUT2D eigenvalue weighted by atomic mass is 10.1. The van der Waals surface area contributed by atoms with Gasteiger partial charge in [0.15, 0.2) is 0 Å². The Balaban J connectivity index is 2.26. The third-order valence-corrected chi connectivity index (χ3v) is 2.75. The molecule has 2 aromatic rings. The molecule has 108 valence electrons. The monoisotopic (exact) mass is 292 g/mol. The maximum absolute atomic E-state index is 13.5. The number of anilines is 2. The normalized spacial score (nSPS) is 10.2. The molecule has 0 spiro atoms. The zero-order chi connectivity index (χ0) is 15.6. The minimum atomic E-state index is -1.42. The first-order valence-corrected chi connectivity index (χ1v) is 5.78. The van der Waals surface area contributed by atoms with E-state index in [4.69, 9.17) is 10.8 Å². The molecule has 1 amide bonds. The number of carbonyl (C=O) groups excluding carboxylic acids is 1. The number of hydrogen-bond acceptors (Lipinski definition) is 3. The molecule has 2 rings (SSSR count). The Kier molecular flexibility index (Phi) is 3.84. The van der Waals surface area contributed by atoms with Crippen LogP contribution in [0.25, 0.3) is 0 Å². The highest BCUT2D eigenvalue weighted by atomic mass is 19.1. The Morgan fingerprint density at radius 1 is 1.05 bits per heavy atom. The van der Waals surface area contributed by atoms with Crippen molar-refractivity contribution < 1.29 is 23.5 Å². The van der Waals surface area contributed by atoms with Crippen molar-refractivity contribution in [2.24, 2.45) is 0 Å². The van der Waals surface area contributed by atoms with Gasteiger partial charge < -0.3 is 16.2 Å². The van der Waals surface area contributed by atoms with Crippen LogP contribution in [-0.4, -0.2) is 17.0 Å². The highest BCUT2D eigenvalue weighted by Gasteiger charge is 2.15. The molecule has 21 heavy (non-hydrogen) atoms. The fourth-order valence-electron chi connectivity index (χ4n) is 1.70. The number of carboxylic acid groups (broad SMARTS) is 1. The summed E-state index contributed by atoms with van der Waals surface area (Å²) in [6, 6.07) is 6.83. The summed E-state index contributed by atoms with van der Waals surface area (Å²) in [4.78, 5) is 22.6. The molecule has 0 atom stereocenters. The minimum absolute atomic E-state index is 0.0335. The van der Waals surface area contributed by atoms with Gasteiger partial charge in [0.2, 0.25) is 0 Å². The molecule has 0 unspecified atom stereocenters. The molecule has 0 aliphatic rings. The Bertz CT molecular complexity index is 732. The second-order valence-corrected chi connectivity index (χ2v) is 4.15. The van der Waals surface area contributed by atoms with Gasteiger partial charge in [0, 0.05) is 5.69 Å². The van der Waals surface area contributed by atoms with Gasteiger partial charge in [-0.25, -0.2) is 13.6 Å². The SMILES string of the molecule is Nc1c(F)cccc1C(=O)Nc1ccc(C(=O)O)c(F)c1. The number of benzene rings is 2. The summed E-state index contributed by atoms with van der Waals surface area (Å²) < 4.78 is 26.7. The maximum Gasteiger partial charge on any atom is 0.338 e. The van der Waals surface area contributed by atoms with Crippen LogP contribution < -0.4 is 11.1 Å². The number of aromatic carboxylic acids is 1. The Morgan fingerprint density at radius 2 is 1.76 bits per heavy atom. The van der Waals surface area contributed by atoms with Crippen molar-refractivity contribution >= 4 is 23.3 Å². The predicted octanol–water partition coefficient (Wildman–Crippen LogP) is 2.50. The van der Waals surface area contributed by atoms with Crippen LogP contribution in [0.15, 0.2) is 36.4 Å². The number of amides is 1. The Morgan fingerprint density at radius 3 is 2.38 bits per heavy atom. The quantitative estimate of drug-likeness (QED) is 0.758. The topological polar surface area (TPSA) is 92.4 Å². The van der Waals surface area contributed by atoms with E-state index in [-0.39, 0.29) is 16.9 Å². The third-order valence-electron chi connectivity index (χ3n) is 2.75. The summed E-state index contributed by atoms with van der Waals surface area (Å²) in [5.41, 5.74) is 4.54. The number of rotatable bonds is 3. The number of nitrogens with two attached hydrogens (primary N) is 1. The second-order valence-electron chi connectivity index (χ2n) is 4.15. The van der Waals surface area contributed by atoms with Gasteiger partial charge in [-0.2, -0.15) is 0 Å². The van der Waals surface area contributed by atoms with Gasteiger partial charge in [-0.05, 0) is 30.3 Å². The van der Waals surface area contributed by atoms with Crippen LogP contribution in [0.4, 0.5) is 20.2 Å². The van der Waals surface area contributed by atoms with Gasteiger partial charge in [0.1, 0.15) is 11.6 Å². The van der Waals surface area contributed by atoms with Crippen LogP contribution in [-0.2, 0) is 0 Å². The number of carbonyl (C=O) groups is 2. The molecule has 0 heterocycles. The number of carboxylic acids is 1. The van der Waals surface area contributed by atoms with Crippen LogP contribution in [0, 0.1) is 11.6 Å². The number of hydrogen-bond donors (Lipinski definition) is 3. The van der Waals surface area contributed by atoms with Crippen molar-refractivity contribution in [3.05, 3.63) is 59.2 Å². The lowest BCUT2D eigenvalue weighted by Crippen LogP contribution is -2.15. The van der Waals surface area contributed by atoms with Crippen molar-refractivity contribution in [3.8, 4) is 0 Å². The standard InChI is InChI=1S/C14H10F2N2O3/c15-10-3-1-2-9(12(10)17)13(19)18-7-4-5-8(14(20)21)11(16)6-7/h1-6H,17H2,(H,18,19)(H,20,21). The third kappa shape index (κ3) is 2.97. The van der Waals surface area contributed by atoms with E-state index < -0.39 is 29.1 Å². The largest absolute Gasteiger partial charge is 0.478 e. The smallest absolute Gasteiger partial charge is 0.338 e. The Hall–Kier alpha value is -2.96. The number of nitrogen functional groups attached to an aromatic ring is 1. The minimum Gasteiger partial charge on any atom is -0.478 e. The van der Waals surface area contributed by atoms with Gasteiger partial charge in [0.05, 0.1) is 16.8 Å². The van der Waals surface area contributed by atoms with Crippen molar-refractivity contribution in [2.45, 2.75) is 0 Å². The van der Waals surface area contributed by atoms with Gasteiger partial charge in [-0.15, -0.1) is 0 Å². The fourth-order valence-corrected chi connectivity index (χ4v) is 1.70. The molecule has 5 nitrogen and oxygen atoms in total.